The molecule has 0 aliphatic heterocycles. The third-order valence-electron chi connectivity index (χ3n) is 5.60. The molecule has 0 spiro atoms. The maximum atomic E-state index is 13.0. The van der Waals surface area contributed by atoms with Gasteiger partial charge in [-0.3, -0.25) is 9.48 Å². The second-order valence-electron chi connectivity index (χ2n) is 7.99. The van der Waals surface area contributed by atoms with Gasteiger partial charge in [-0.05, 0) is 66.7 Å². The second kappa shape index (κ2) is 10.2. The molecule has 11 nitrogen and oxygen atoms in total. The van der Waals surface area contributed by atoms with Crippen LogP contribution in [0.2, 0.25) is 0 Å². The summed E-state index contributed by atoms with van der Waals surface area (Å²) in [6.45, 7) is 0. The summed E-state index contributed by atoms with van der Waals surface area (Å²) < 4.78 is 13.9. The third kappa shape index (κ3) is 5.10. The van der Waals surface area contributed by atoms with Crippen LogP contribution in [0.4, 0.5) is 17.2 Å². The molecule has 0 aliphatic carbocycles. The van der Waals surface area contributed by atoms with Crippen LogP contribution in [0.25, 0.3) is 17.1 Å². The minimum absolute atomic E-state index is 0.288. The fraction of sp³-hybridized carbons (Fsp3) is 0.115. The summed E-state index contributed by atoms with van der Waals surface area (Å²) in [7, 11) is 4.90. The first-order valence-corrected chi connectivity index (χ1v) is 11.3. The second-order valence-corrected chi connectivity index (χ2v) is 7.99. The molecule has 0 saturated carbocycles. The molecule has 5 rings (SSSR count). The standard InChI is InChI=1S/C26H24N8O3/c1-33-22(16-21(32-33)20-15-19(36-2)9-10-23(20)37-3)26(35)29-18-7-5-17(6-8-18)28-24-11-12-25(31-30-24)34-14-4-13-27-34/h4-16H,1-3H3,(H,28,30)(H,29,35). The van der Waals surface area contributed by atoms with Gasteiger partial charge >= 0.3 is 0 Å². The van der Waals surface area contributed by atoms with Crippen molar-refractivity contribution < 1.29 is 14.3 Å². The molecule has 0 unspecified atom stereocenters. The van der Waals surface area contributed by atoms with Crippen LogP contribution in [-0.2, 0) is 7.05 Å². The van der Waals surface area contributed by atoms with E-state index in [1.807, 2.05) is 36.4 Å². The van der Waals surface area contributed by atoms with Crippen LogP contribution in [0.1, 0.15) is 10.5 Å². The molecule has 1 amide bonds. The molecule has 5 aromatic rings. The Morgan fingerprint density at radius 1 is 0.919 bits per heavy atom. The van der Waals surface area contributed by atoms with Crippen molar-refractivity contribution in [3.63, 3.8) is 0 Å². The van der Waals surface area contributed by atoms with Gasteiger partial charge in [0.25, 0.3) is 5.91 Å². The van der Waals surface area contributed by atoms with E-state index in [4.69, 9.17) is 9.47 Å². The maximum absolute atomic E-state index is 13.0. The smallest absolute Gasteiger partial charge is 0.273 e. The molecule has 0 aliphatic rings. The van der Waals surface area contributed by atoms with Gasteiger partial charge in [0.1, 0.15) is 17.2 Å². The van der Waals surface area contributed by atoms with Crippen LogP contribution >= 0.6 is 0 Å². The average molecular weight is 497 g/mol. The van der Waals surface area contributed by atoms with E-state index in [0.717, 1.165) is 11.3 Å². The summed E-state index contributed by atoms with van der Waals surface area (Å²) in [4.78, 5) is 13.0. The number of rotatable bonds is 8. The van der Waals surface area contributed by atoms with Crippen molar-refractivity contribution in [2.24, 2.45) is 7.05 Å². The molecule has 11 heteroatoms. The zero-order chi connectivity index (χ0) is 25.8. The Morgan fingerprint density at radius 2 is 1.73 bits per heavy atom. The van der Waals surface area contributed by atoms with Crippen molar-refractivity contribution in [1.82, 2.24) is 29.8 Å². The first-order valence-electron chi connectivity index (χ1n) is 11.3. The molecule has 0 saturated heterocycles. The van der Waals surface area contributed by atoms with Gasteiger partial charge < -0.3 is 20.1 Å². The molecule has 37 heavy (non-hydrogen) atoms. The molecular formula is C26H24N8O3. The fourth-order valence-corrected chi connectivity index (χ4v) is 3.72. The third-order valence-corrected chi connectivity index (χ3v) is 5.60. The monoisotopic (exact) mass is 496 g/mol. The van der Waals surface area contributed by atoms with E-state index >= 15 is 0 Å². The number of benzene rings is 2. The molecule has 0 atom stereocenters. The number of nitrogens with one attached hydrogen (secondary N) is 2. The summed E-state index contributed by atoms with van der Waals surface area (Å²) in [6.07, 6.45) is 3.48. The van der Waals surface area contributed by atoms with E-state index in [1.54, 1.807) is 68.7 Å². The van der Waals surface area contributed by atoms with Gasteiger partial charge in [-0.2, -0.15) is 10.2 Å². The number of nitrogens with zero attached hydrogens (tertiary/aromatic N) is 6. The maximum Gasteiger partial charge on any atom is 0.273 e. The first kappa shape index (κ1) is 23.5. The first-order chi connectivity index (χ1) is 18.0. The highest BCUT2D eigenvalue weighted by atomic mass is 16.5. The number of hydrogen-bond acceptors (Lipinski definition) is 8. The van der Waals surface area contributed by atoms with E-state index in [9.17, 15) is 4.79 Å². The number of hydrogen-bond donors (Lipinski definition) is 2. The Balaban J connectivity index is 1.26. The van der Waals surface area contributed by atoms with Crippen molar-refractivity contribution >= 4 is 23.1 Å². The van der Waals surface area contributed by atoms with Gasteiger partial charge in [-0.15, -0.1) is 10.2 Å². The predicted molar refractivity (Wildman–Crippen MR) is 139 cm³/mol. The molecule has 2 aromatic carbocycles. The van der Waals surface area contributed by atoms with Crippen LogP contribution in [0, 0.1) is 0 Å². The van der Waals surface area contributed by atoms with E-state index in [1.165, 1.54) is 4.68 Å². The van der Waals surface area contributed by atoms with E-state index in [-0.39, 0.29) is 5.91 Å². The highest BCUT2D eigenvalue weighted by molar-refractivity contribution is 6.03. The number of carbonyl (C=O) groups excluding carboxylic acids is 1. The summed E-state index contributed by atoms with van der Waals surface area (Å²) in [6, 6.07) is 19.9. The van der Waals surface area contributed by atoms with Gasteiger partial charge in [0.05, 0.1) is 19.9 Å². The van der Waals surface area contributed by atoms with Crippen LogP contribution in [0.5, 0.6) is 11.5 Å². The number of aromatic nitrogens is 6. The average Bonchev–Trinajstić information content (AvgIpc) is 3.60. The Labute approximate surface area is 212 Å². The van der Waals surface area contributed by atoms with E-state index in [2.05, 4.69) is 31.0 Å². The van der Waals surface area contributed by atoms with Crippen LogP contribution < -0.4 is 20.1 Å². The summed E-state index contributed by atoms with van der Waals surface area (Å²) in [5, 5.41) is 23.1. The molecule has 3 aromatic heterocycles. The number of amides is 1. The van der Waals surface area contributed by atoms with Crippen LogP contribution in [-0.4, -0.2) is 49.9 Å². The number of carbonyl (C=O) groups is 1. The molecule has 2 N–H and O–H groups in total. The van der Waals surface area contributed by atoms with Gasteiger partial charge in [-0.1, -0.05) is 0 Å². The van der Waals surface area contributed by atoms with Crippen molar-refractivity contribution in [1.29, 1.82) is 0 Å². The zero-order valence-electron chi connectivity index (χ0n) is 20.4. The lowest BCUT2D eigenvalue weighted by atomic mass is 10.1. The summed E-state index contributed by atoms with van der Waals surface area (Å²) in [5.74, 6) is 2.22. The Morgan fingerprint density at radius 3 is 2.41 bits per heavy atom. The molecular weight excluding hydrogens is 472 g/mol. The van der Waals surface area contributed by atoms with Gasteiger partial charge in [-0.25, -0.2) is 4.68 Å². The Kier molecular flexibility index (Phi) is 6.49. The Hall–Kier alpha value is -5.19. The molecule has 186 valence electrons. The lowest BCUT2D eigenvalue weighted by molar-refractivity contribution is 0.101. The van der Waals surface area contributed by atoms with Crippen molar-refractivity contribution in [3.05, 3.63) is 84.8 Å². The Bertz CT molecular complexity index is 1510. The minimum atomic E-state index is -0.288. The number of ether oxygens (including phenoxy) is 2. The minimum Gasteiger partial charge on any atom is -0.497 e. The normalized spacial score (nSPS) is 10.7. The van der Waals surface area contributed by atoms with Gasteiger partial charge in [0.2, 0.25) is 0 Å². The SMILES string of the molecule is COc1ccc(OC)c(-c2cc(C(=O)Nc3ccc(Nc4ccc(-n5cccn5)nn4)cc3)n(C)n2)c1. The molecule has 0 fully saturated rings. The van der Waals surface area contributed by atoms with Gasteiger partial charge in [0, 0.05) is 36.4 Å². The van der Waals surface area contributed by atoms with Crippen LogP contribution in [0.15, 0.2) is 79.1 Å². The quantitative estimate of drug-likeness (QED) is 0.330. The largest absolute Gasteiger partial charge is 0.497 e. The highest BCUT2D eigenvalue weighted by Gasteiger charge is 2.17. The number of anilines is 3. The van der Waals surface area contributed by atoms with Crippen LogP contribution in [0.3, 0.4) is 0 Å². The fourth-order valence-electron chi connectivity index (χ4n) is 3.72. The van der Waals surface area contributed by atoms with Crippen molar-refractivity contribution in [2.75, 3.05) is 24.9 Å². The summed E-state index contributed by atoms with van der Waals surface area (Å²) >= 11 is 0. The topological polar surface area (TPSA) is 121 Å². The molecule has 0 bridgehead atoms. The lowest BCUT2D eigenvalue weighted by Gasteiger charge is -2.08. The highest BCUT2D eigenvalue weighted by Crippen LogP contribution is 2.33. The molecule has 0 radical (unpaired) electrons. The lowest BCUT2D eigenvalue weighted by Crippen LogP contribution is -2.16. The number of aryl methyl sites for hydroxylation is 1. The van der Waals surface area contributed by atoms with Gasteiger partial charge in [0.15, 0.2) is 11.6 Å². The number of methoxy groups -OCH3 is 2. The molecule has 3 heterocycles. The summed E-state index contributed by atoms with van der Waals surface area (Å²) in [5.41, 5.74) is 3.16. The zero-order valence-corrected chi connectivity index (χ0v) is 20.4. The van der Waals surface area contributed by atoms with E-state index in [0.29, 0.717) is 40.2 Å². The predicted octanol–water partition coefficient (Wildman–Crippen LogP) is 4.08. The van der Waals surface area contributed by atoms with Crippen molar-refractivity contribution in [3.8, 4) is 28.6 Å². The van der Waals surface area contributed by atoms with E-state index < -0.39 is 0 Å². The van der Waals surface area contributed by atoms with Crippen molar-refractivity contribution in [2.45, 2.75) is 0 Å².